The molecule has 1 aromatic carbocycles. The number of rotatable bonds is 6. The minimum atomic E-state index is -0.666. The molecule has 0 aliphatic carbocycles. The highest BCUT2D eigenvalue weighted by molar-refractivity contribution is 7.81. The number of ether oxygens (including phenoxy) is 1. The Morgan fingerprint density at radius 2 is 1.73 bits per heavy atom. The average Bonchev–Trinajstić information content (AvgIpc) is 3.18. The number of likely N-dealkylation sites (tertiary alicyclic amines) is 1. The molecule has 0 bridgehead atoms. The van der Waals surface area contributed by atoms with Crippen molar-refractivity contribution in [3.05, 3.63) is 39.9 Å². The Bertz CT molecular complexity index is 888. The highest BCUT2D eigenvalue weighted by atomic mass is 32.1. The topological polar surface area (TPSA) is 117 Å². The molecule has 2 aliphatic heterocycles. The van der Waals surface area contributed by atoms with E-state index < -0.39 is 17.1 Å². The third-order valence-corrected chi connectivity index (χ3v) is 6.08. The fourth-order valence-electron chi connectivity index (χ4n) is 3.95. The van der Waals surface area contributed by atoms with Crippen LogP contribution in [0.5, 0.6) is 0 Å². The van der Waals surface area contributed by atoms with E-state index in [0.717, 1.165) is 0 Å². The van der Waals surface area contributed by atoms with Crippen molar-refractivity contribution in [2.24, 2.45) is 0 Å². The fourth-order valence-corrected chi connectivity index (χ4v) is 4.32. The third-order valence-electron chi connectivity index (χ3n) is 5.70. The van der Waals surface area contributed by atoms with E-state index in [1.54, 1.807) is 9.80 Å². The maximum absolute atomic E-state index is 13.2. The van der Waals surface area contributed by atoms with Crippen LogP contribution in [0.15, 0.2) is 24.3 Å². The van der Waals surface area contributed by atoms with E-state index in [4.69, 9.17) is 4.74 Å². The molecule has 2 heterocycles. The highest BCUT2D eigenvalue weighted by Gasteiger charge is 2.41. The van der Waals surface area contributed by atoms with Crippen LogP contribution in [0.3, 0.4) is 0 Å². The molecule has 12 heteroatoms. The Labute approximate surface area is 197 Å². The maximum atomic E-state index is 13.2. The molecular formula is C21H29N5O6S. The molecule has 0 spiro atoms. The van der Waals surface area contributed by atoms with Crippen molar-refractivity contribution in [3.8, 4) is 0 Å². The molecule has 3 rings (SSSR count). The number of nitrogens with zero attached hydrogens (tertiary/aromatic N) is 5. The molecule has 180 valence electrons. The normalized spacial score (nSPS) is 20.8. The van der Waals surface area contributed by atoms with E-state index in [0.29, 0.717) is 51.3 Å². The van der Waals surface area contributed by atoms with Gasteiger partial charge in [0, 0.05) is 50.1 Å². The first-order valence-corrected chi connectivity index (χ1v) is 11.2. The van der Waals surface area contributed by atoms with Crippen molar-refractivity contribution in [2.75, 3.05) is 53.4 Å². The number of nitro benzene ring substituents is 1. The van der Waals surface area contributed by atoms with Crippen molar-refractivity contribution in [3.63, 3.8) is 0 Å². The Morgan fingerprint density at radius 3 is 2.30 bits per heavy atom. The third kappa shape index (κ3) is 6.35. The summed E-state index contributed by atoms with van der Waals surface area (Å²) in [6.07, 6.45) is -0.197. The molecule has 2 fully saturated rings. The van der Waals surface area contributed by atoms with Gasteiger partial charge in [-0.3, -0.25) is 24.6 Å². The van der Waals surface area contributed by atoms with Crippen LogP contribution in [0.1, 0.15) is 12.0 Å². The molecular weight excluding hydrogens is 450 g/mol. The number of carbonyl (C=O) groups is 3. The van der Waals surface area contributed by atoms with Gasteiger partial charge in [0.15, 0.2) is 0 Å². The maximum Gasteiger partial charge on any atom is 0.410 e. The molecule has 33 heavy (non-hydrogen) atoms. The molecule has 0 unspecified atom stereocenters. The summed E-state index contributed by atoms with van der Waals surface area (Å²) in [5.74, 6) is -0.140. The van der Waals surface area contributed by atoms with Crippen molar-refractivity contribution in [1.82, 2.24) is 19.6 Å². The summed E-state index contributed by atoms with van der Waals surface area (Å²) in [5.41, 5.74) is 0.564. The van der Waals surface area contributed by atoms with Crippen molar-refractivity contribution < 1.29 is 24.0 Å². The lowest BCUT2D eigenvalue weighted by Gasteiger charge is -2.37. The van der Waals surface area contributed by atoms with Crippen LogP contribution in [-0.2, 0) is 20.9 Å². The summed E-state index contributed by atoms with van der Waals surface area (Å²) >= 11 is 4.46. The summed E-state index contributed by atoms with van der Waals surface area (Å²) in [6, 6.07) is 5.07. The van der Waals surface area contributed by atoms with Gasteiger partial charge >= 0.3 is 6.09 Å². The van der Waals surface area contributed by atoms with Crippen LogP contribution in [0.2, 0.25) is 0 Å². The van der Waals surface area contributed by atoms with E-state index >= 15 is 0 Å². The van der Waals surface area contributed by atoms with Crippen molar-refractivity contribution >= 4 is 36.2 Å². The van der Waals surface area contributed by atoms with Crippen LogP contribution in [0.25, 0.3) is 0 Å². The van der Waals surface area contributed by atoms with Gasteiger partial charge in [-0.2, -0.15) is 12.6 Å². The first-order valence-electron chi connectivity index (χ1n) is 10.7. The number of piperazine rings is 1. The molecule has 0 aromatic heterocycles. The predicted octanol–water partition coefficient (Wildman–Crippen LogP) is 0.837. The van der Waals surface area contributed by atoms with Gasteiger partial charge in [0.25, 0.3) is 5.69 Å². The molecule has 2 saturated heterocycles. The lowest BCUT2D eigenvalue weighted by atomic mass is 10.1. The number of nitro groups is 1. The van der Waals surface area contributed by atoms with Gasteiger partial charge in [-0.25, -0.2) is 4.79 Å². The largest absolute Gasteiger partial charge is 0.445 e. The van der Waals surface area contributed by atoms with Gasteiger partial charge in [0.2, 0.25) is 11.8 Å². The SMILES string of the molecule is CN(C)CC(=O)N1CCN(C(=O)[C@@H]2C[C@H](S)CN2C(=O)OCc2ccc([N+](=O)[O-])cc2)CC1. The van der Waals surface area contributed by atoms with E-state index in [-0.39, 0.29) is 29.4 Å². The zero-order valence-corrected chi connectivity index (χ0v) is 19.6. The summed E-state index contributed by atoms with van der Waals surface area (Å²) in [6.45, 7) is 2.30. The van der Waals surface area contributed by atoms with E-state index in [2.05, 4.69) is 12.6 Å². The van der Waals surface area contributed by atoms with E-state index in [9.17, 15) is 24.5 Å². The molecule has 0 N–H and O–H groups in total. The lowest BCUT2D eigenvalue weighted by molar-refractivity contribution is -0.384. The van der Waals surface area contributed by atoms with E-state index in [1.807, 2.05) is 19.0 Å². The minimum absolute atomic E-state index is 0.0276. The van der Waals surface area contributed by atoms with Gasteiger partial charge in [0.1, 0.15) is 12.6 Å². The predicted molar refractivity (Wildman–Crippen MR) is 123 cm³/mol. The number of thiol groups is 1. The second-order valence-electron chi connectivity index (χ2n) is 8.48. The Morgan fingerprint density at radius 1 is 1.12 bits per heavy atom. The van der Waals surface area contributed by atoms with Crippen LogP contribution in [0, 0.1) is 10.1 Å². The van der Waals surface area contributed by atoms with Gasteiger partial charge in [0.05, 0.1) is 11.5 Å². The smallest absolute Gasteiger partial charge is 0.410 e. The highest BCUT2D eigenvalue weighted by Crippen LogP contribution is 2.25. The zero-order chi connectivity index (χ0) is 24.1. The lowest BCUT2D eigenvalue weighted by Crippen LogP contribution is -2.56. The van der Waals surface area contributed by atoms with Crippen molar-refractivity contribution in [1.29, 1.82) is 0 Å². The van der Waals surface area contributed by atoms with Crippen LogP contribution < -0.4 is 0 Å². The molecule has 0 radical (unpaired) electrons. The first-order chi connectivity index (χ1) is 15.7. The van der Waals surface area contributed by atoms with Crippen LogP contribution in [-0.4, -0.2) is 107 Å². The number of non-ortho nitro benzene ring substituents is 1. The minimum Gasteiger partial charge on any atom is -0.445 e. The summed E-state index contributed by atoms with van der Waals surface area (Å²) in [7, 11) is 3.67. The van der Waals surface area contributed by atoms with Gasteiger partial charge in [-0.05, 0) is 38.2 Å². The average molecular weight is 480 g/mol. The Balaban J connectivity index is 1.55. The fraction of sp³-hybridized carbons (Fsp3) is 0.571. The first kappa shape index (κ1) is 24.8. The summed E-state index contributed by atoms with van der Waals surface area (Å²) < 4.78 is 5.37. The number of hydrogen-bond donors (Lipinski definition) is 1. The number of hydrogen-bond acceptors (Lipinski definition) is 8. The summed E-state index contributed by atoms with van der Waals surface area (Å²) in [5, 5.41) is 10.6. The second kappa shape index (κ2) is 10.8. The molecule has 11 nitrogen and oxygen atoms in total. The standard InChI is InChI=1S/C21H29N5O6S/c1-22(2)13-19(27)23-7-9-24(10-8-23)20(28)18-11-17(33)12-25(18)21(29)32-14-15-3-5-16(6-4-15)26(30)31/h3-6,17-18,33H,7-14H2,1-2H3/t17-,18-/m0/s1. The molecule has 3 amide bonds. The monoisotopic (exact) mass is 479 g/mol. The Hall–Kier alpha value is -2.86. The molecule has 0 saturated carbocycles. The van der Waals surface area contributed by atoms with Gasteiger partial charge in [-0.1, -0.05) is 0 Å². The van der Waals surface area contributed by atoms with E-state index in [1.165, 1.54) is 29.2 Å². The molecule has 1 aromatic rings. The second-order valence-corrected chi connectivity index (χ2v) is 9.21. The number of carbonyl (C=O) groups excluding carboxylic acids is 3. The molecule has 2 aliphatic rings. The zero-order valence-electron chi connectivity index (χ0n) is 18.8. The molecule has 2 atom stereocenters. The van der Waals surface area contributed by atoms with Crippen LogP contribution in [0.4, 0.5) is 10.5 Å². The number of amides is 3. The Kier molecular flexibility index (Phi) is 8.14. The van der Waals surface area contributed by atoms with Gasteiger partial charge < -0.3 is 19.4 Å². The van der Waals surface area contributed by atoms with Crippen molar-refractivity contribution in [2.45, 2.75) is 24.3 Å². The van der Waals surface area contributed by atoms with Gasteiger partial charge in [-0.15, -0.1) is 0 Å². The number of benzene rings is 1. The quantitative estimate of drug-likeness (QED) is 0.365. The summed E-state index contributed by atoms with van der Waals surface area (Å²) in [4.78, 5) is 55.0. The number of likely N-dealkylation sites (N-methyl/N-ethyl adjacent to an activating group) is 1. The van der Waals surface area contributed by atoms with Crippen LogP contribution >= 0.6 is 12.6 Å².